The number of thiazole rings is 1. The molecular formula is C13H9F6NOS. The maximum Gasteiger partial charge on any atom is 0.416 e. The Kier molecular flexibility index (Phi) is 4.22. The van der Waals surface area contributed by atoms with Crippen molar-refractivity contribution in [1.82, 2.24) is 4.98 Å². The highest BCUT2D eigenvalue weighted by Gasteiger charge is 2.43. The number of aliphatic hydroxyl groups is 1. The van der Waals surface area contributed by atoms with E-state index in [9.17, 15) is 26.3 Å². The number of benzene rings is 1. The Morgan fingerprint density at radius 3 is 2.09 bits per heavy atom. The molecule has 120 valence electrons. The maximum absolute atomic E-state index is 13.6. The number of aryl methyl sites for hydroxylation is 1. The number of hydrogen-bond acceptors (Lipinski definition) is 3. The number of alkyl halides is 6. The number of halogens is 6. The molecule has 2 aromatic rings. The summed E-state index contributed by atoms with van der Waals surface area (Å²) in [5, 5.41) is 9.20. The van der Waals surface area contributed by atoms with Gasteiger partial charge in [-0.05, 0) is 19.1 Å². The molecule has 1 aromatic carbocycles. The zero-order chi connectivity index (χ0) is 16.7. The van der Waals surface area contributed by atoms with E-state index in [1.165, 1.54) is 6.92 Å². The molecule has 2 nitrogen and oxygen atoms in total. The summed E-state index contributed by atoms with van der Waals surface area (Å²) in [6.45, 7) is 1.23. The molecule has 0 aliphatic rings. The van der Waals surface area contributed by atoms with Crippen molar-refractivity contribution >= 4 is 11.3 Å². The largest absolute Gasteiger partial charge is 0.416 e. The van der Waals surface area contributed by atoms with Gasteiger partial charge in [-0.2, -0.15) is 17.6 Å². The van der Waals surface area contributed by atoms with E-state index in [1.807, 2.05) is 0 Å². The molecule has 0 aliphatic heterocycles. The molecule has 1 aromatic heterocycles. The average Bonchev–Trinajstić information content (AvgIpc) is 2.80. The van der Waals surface area contributed by atoms with E-state index >= 15 is 0 Å². The van der Waals surface area contributed by atoms with Crippen molar-refractivity contribution in [2.75, 3.05) is 0 Å². The van der Waals surface area contributed by atoms with Crippen LogP contribution in [-0.2, 0) is 12.0 Å². The van der Waals surface area contributed by atoms with Crippen LogP contribution in [0, 0.1) is 6.92 Å². The van der Waals surface area contributed by atoms with Crippen molar-refractivity contribution in [1.29, 1.82) is 0 Å². The van der Waals surface area contributed by atoms with Gasteiger partial charge in [0.25, 0.3) is 0 Å². The smallest absolute Gasteiger partial charge is 0.353 e. The fraction of sp³-hybridized carbons (Fsp3) is 0.308. The van der Waals surface area contributed by atoms with Crippen molar-refractivity contribution in [3.63, 3.8) is 0 Å². The van der Waals surface area contributed by atoms with Crippen LogP contribution in [0.3, 0.4) is 0 Å². The molecule has 0 radical (unpaired) electrons. The molecule has 0 bridgehead atoms. The summed E-state index contributed by atoms with van der Waals surface area (Å²) in [7, 11) is 0. The molecule has 0 saturated heterocycles. The molecule has 22 heavy (non-hydrogen) atoms. The van der Waals surface area contributed by atoms with Crippen LogP contribution in [0.1, 0.15) is 16.1 Å². The summed E-state index contributed by atoms with van der Waals surface area (Å²) >= 11 is 0.464. The lowest BCUT2D eigenvalue weighted by atomic mass is 10.1. The summed E-state index contributed by atoms with van der Waals surface area (Å²) in [6, 6.07) is 3.82. The number of hydrogen-bond donors (Lipinski definition) is 1. The van der Waals surface area contributed by atoms with Crippen LogP contribution in [0.15, 0.2) is 24.3 Å². The second-order valence-electron chi connectivity index (χ2n) is 4.48. The van der Waals surface area contributed by atoms with Crippen molar-refractivity contribution in [2.45, 2.75) is 25.4 Å². The van der Waals surface area contributed by atoms with Crippen LogP contribution in [0.2, 0.25) is 0 Å². The van der Waals surface area contributed by atoms with Gasteiger partial charge in [0.15, 0.2) is 0 Å². The predicted octanol–water partition coefficient (Wildman–Crippen LogP) is 4.52. The topological polar surface area (TPSA) is 33.1 Å². The van der Waals surface area contributed by atoms with Gasteiger partial charge in [0.2, 0.25) is 0 Å². The van der Waals surface area contributed by atoms with Crippen LogP contribution in [0.4, 0.5) is 26.3 Å². The van der Waals surface area contributed by atoms with Crippen molar-refractivity contribution in [3.05, 3.63) is 40.4 Å². The van der Waals surface area contributed by atoms with E-state index in [0.717, 1.165) is 24.3 Å². The van der Waals surface area contributed by atoms with E-state index < -0.39 is 28.9 Å². The summed E-state index contributed by atoms with van der Waals surface area (Å²) in [6.07, 6.45) is -8.16. The van der Waals surface area contributed by atoms with Gasteiger partial charge in [0, 0.05) is 5.56 Å². The second-order valence-corrected chi connectivity index (χ2v) is 5.48. The van der Waals surface area contributed by atoms with Gasteiger partial charge in [-0.15, -0.1) is 11.3 Å². The minimum absolute atomic E-state index is 0.0398. The van der Waals surface area contributed by atoms with Crippen LogP contribution >= 0.6 is 11.3 Å². The van der Waals surface area contributed by atoms with Crippen LogP contribution in [0.25, 0.3) is 10.6 Å². The predicted molar refractivity (Wildman–Crippen MR) is 68.3 cm³/mol. The molecule has 0 spiro atoms. The van der Waals surface area contributed by atoms with E-state index in [1.54, 1.807) is 0 Å². The molecule has 1 heterocycles. The van der Waals surface area contributed by atoms with Gasteiger partial charge in [0.1, 0.15) is 5.01 Å². The zero-order valence-corrected chi connectivity index (χ0v) is 11.8. The number of aromatic nitrogens is 1. The fourth-order valence-electron chi connectivity index (χ4n) is 1.75. The highest BCUT2D eigenvalue weighted by molar-refractivity contribution is 7.15. The SMILES string of the molecule is Cc1nc(-c2ccc(C(F)(F)F)cc2)sc1C(O)(F)C(F)F. The molecule has 2 rings (SSSR count). The molecule has 0 saturated carbocycles. The summed E-state index contributed by atoms with van der Waals surface area (Å²) < 4.78 is 76.0. The third-order valence-electron chi connectivity index (χ3n) is 2.86. The number of rotatable bonds is 3. The van der Waals surface area contributed by atoms with Gasteiger partial charge >= 0.3 is 18.5 Å². The van der Waals surface area contributed by atoms with E-state index in [0.29, 0.717) is 11.3 Å². The third kappa shape index (κ3) is 3.09. The van der Waals surface area contributed by atoms with E-state index in [2.05, 4.69) is 4.98 Å². The first kappa shape index (κ1) is 16.8. The summed E-state index contributed by atoms with van der Waals surface area (Å²) in [5.74, 6) is -3.84. The minimum atomic E-state index is -4.50. The standard InChI is InChI=1S/C13H9F6NOS/c1-6-9(12(16,21)11(14)15)22-10(20-6)7-2-4-8(5-3-7)13(17,18)19/h2-5,11,21H,1H3. The molecule has 0 fully saturated rings. The first-order valence-corrected chi connectivity index (χ1v) is 6.70. The molecule has 1 atom stereocenters. The van der Waals surface area contributed by atoms with Crippen LogP contribution < -0.4 is 0 Å². The molecule has 0 amide bonds. The molecule has 1 N–H and O–H groups in total. The Balaban J connectivity index is 2.39. The van der Waals surface area contributed by atoms with Crippen LogP contribution in [-0.4, -0.2) is 16.5 Å². The van der Waals surface area contributed by atoms with Crippen molar-refractivity contribution < 1.29 is 31.4 Å². The first-order valence-electron chi connectivity index (χ1n) is 5.88. The Morgan fingerprint density at radius 2 is 1.64 bits per heavy atom. The number of nitrogens with zero attached hydrogens (tertiary/aromatic N) is 1. The zero-order valence-electron chi connectivity index (χ0n) is 11.0. The Morgan fingerprint density at radius 1 is 1.09 bits per heavy atom. The average molecular weight is 341 g/mol. The third-order valence-corrected chi connectivity index (χ3v) is 4.17. The summed E-state index contributed by atoms with van der Waals surface area (Å²) in [5.41, 5.74) is -0.818. The van der Waals surface area contributed by atoms with Crippen molar-refractivity contribution in [2.24, 2.45) is 0 Å². The maximum atomic E-state index is 13.6. The Bertz CT molecular complexity index is 662. The first-order chi connectivity index (χ1) is 10.0. The molecular weight excluding hydrogens is 332 g/mol. The Hall–Kier alpha value is -1.61. The quantitative estimate of drug-likeness (QED) is 0.833. The molecule has 0 aliphatic carbocycles. The molecule has 9 heteroatoms. The van der Waals surface area contributed by atoms with Crippen LogP contribution in [0.5, 0.6) is 0 Å². The van der Waals surface area contributed by atoms with Gasteiger partial charge in [-0.1, -0.05) is 12.1 Å². The Labute approximate surface area is 125 Å². The van der Waals surface area contributed by atoms with E-state index in [-0.39, 0.29) is 16.3 Å². The highest BCUT2D eigenvalue weighted by atomic mass is 32.1. The second kappa shape index (κ2) is 5.54. The minimum Gasteiger partial charge on any atom is -0.353 e. The van der Waals surface area contributed by atoms with Gasteiger partial charge in [0.05, 0.1) is 16.1 Å². The lowest BCUT2D eigenvalue weighted by Gasteiger charge is -2.16. The highest BCUT2D eigenvalue weighted by Crippen LogP contribution is 2.39. The van der Waals surface area contributed by atoms with Gasteiger partial charge in [-0.3, -0.25) is 0 Å². The van der Waals surface area contributed by atoms with Gasteiger partial charge in [-0.25, -0.2) is 13.8 Å². The monoisotopic (exact) mass is 341 g/mol. The summed E-state index contributed by atoms with van der Waals surface area (Å²) in [4.78, 5) is 3.16. The lowest BCUT2D eigenvalue weighted by molar-refractivity contribution is -0.192. The van der Waals surface area contributed by atoms with Crippen molar-refractivity contribution in [3.8, 4) is 10.6 Å². The normalized spacial score (nSPS) is 15.1. The molecule has 1 unspecified atom stereocenters. The van der Waals surface area contributed by atoms with Gasteiger partial charge < -0.3 is 5.11 Å². The van der Waals surface area contributed by atoms with E-state index in [4.69, 9.17) is 5.11 Å². The lowest BCUT2D eigenvalue weighted by Crippen LogP contribution is -2.28. The fourth-order valence-corrected chi connectivity index (χ4v) is 2.80.